The zero-order valence-corrected chi connectivity index (χ0v) is 22.3. The molecule has 0 atom stereocenters. The van der Waals surface area contributed by atoms with E-state index in [1.807, 2.05) is 23.7 Å². The van der Waals surface area contributed by atoms with E-state index < -0.39 is 5.92 Å². The fourth-order valence-corrected chi connectivity index (χ4v) is 7.00. The maximum absolute atomic E-state index is 13.2. The summed E-state index contributed by atoms with van der Waals surface area (Å²) >= 11 is 1.63. The molecule has 36 heavy (non-hydrogen) atoms. The molecule has 4 nitrogen and oxygen atoms in total. The molecule has 0 bridgehead atoms. The van der Waals surface area contributed by atoms with Gasteiger partial charge in [0.2, 0.25) is 5.92 Å². The van der Waals surface area contributed by atoms with Gasteiger partial charge in [-0.3, -0.25) is 9.69 Å². The number of ketones is 1. The second kappa shape index (κ2) is 10.7. The summed E-state index contributed by atoms with van der Waals surface area (Å²) in [5, 5.41) is 3.06. The number of nitrogens with zero attached hydrogens (tertiary/aromatic N) is 3. The highest BCUT2D eigenvalue weighted by Gasteiger charge is 2.27. The van der Waals surface area contributed by atoms with Crippen LogP contribution in [0.4, 0.5) is 8.78 Å². The third-order valence-electron chi connectivity index (χ3n) is 8.04. The highest BCUT2D eigenvalue weighted by molar-refractivity contribution is 7.11. The van der Waals surface area contributed by atoms with Crippen LogP contribution >= 0.6 is 11.3 Å². The summed E-state index contributed by atoms with van der Waals surface area (Å²) in [6, 6.07) is 6.04. The predicted molar refractivity (Wildman–Crippen MR) is 142 cm³/mol. The molecule has 3 heterocycles. The Labute approximate surface area is 216 Å². The van der Waals surface area contributed by atoms with Crippen LogP contribution in [-0.4, -0.2) is 39.2 Å². The molecule has 1 aromatic carbocycles. The molecule has 1 saturated carbocycles. The lowest BCUT2D eigenvalue weighted by Crippen LogP contribution is -2.32. The number of carbonyl (C=O) groups excluding carboxylic acids is 1. The number of aryl methyl sites for hydroxylation is 2. The van der Waals surface area contributed by atoms with Gasteiger partial charge in [-0.05, 0) is 51.0 Å². The van der Waals surface area contributed by atoms with Crippen LogP contribution in [0.1, 0.15) is 77.8 Å². The van der Waals surface area contributed by atoms with E-state index in [9.17, 15) is 13.6 Å². The molecule has 0 radical (unpaired) electrons. The van der Waals surface area contributed by atoms with Crippen LogP contribution in [0.2, 0.25) is 0 Å². The number of thiazole rings is 1. The van der Waals surface area contributed by atoms with Crippen molar-refractivity contribution in [3.63, 3.8) is 0 Å². The molecule has 1 fully saturated rings. The predicted octanol–water partition coefficient (Wildman–Crippen LogP) is 7.05. The highest BCUT2D eigenvalue weighted by atomic mass is 32.1. The first-order chi connectivity index (χ1) is 17.2. The fraction of sp³-hybridized carbons (Fsp3) is 0.586. The van der Waals surface area contributed by atoms with Gasteiger partial charge in [-0.1, -0.05) is 31.0 Å². The molecule has 7 heteroatoms. The Bertz CT molecular complexity index is 1200. The van der Waals surface area contributed by atoms with E-state index in [-0.39, 0.29) is 12.2 Å². The van der Waals surface area contributed by atoms with Gasteiger partial charge in [0.1, 0.15) is 0 Å². The summed E-state index contributed by atoms with van der Waals surface area (Å²) in [5.74, 6) is -1.12. The van der Waals surface area contributed by atoms with Gasteiger partial charge < -0.3 is 4.57 Å². The summed E-state index contributed by atoms with van der Waals surface area (Å²) in [4.78, 5) is 21.5. The van der Waals surface area contributed by atoms with E-state index in [0.29, 0.717) is 18.8 Å². The summed E-state index contributed by atoms with van der Waals surface area (Å²) in [7, 11) is 2.00. The second-order valence-electron chi connectivity index (χ2n) is 11.1. The van der Waals surface area contributed by atoms with Crippen molar-refractivity contribution in [2.24, 2.45) is 18.9 Å². The van der Waals surface area contributed by atoms with E-state index in [2.05, 4.69) is 23.4 Å². The first kappa shape index (κ1) is 25.5. The maximum Gasteiger partial charge on any atom is 0.245 e. The van der Waals surface area contributed by atoms with Crippen LogP contribution in [0.5, 0.6) is 0 Å². The summed E-state index contributed by atoms with van der Waals surface area (Å²) in [6.45, 7) is 3.94. The molecule has 0 amide bonds. The normalized spacial score (nSPS) is 21.1. The van der Waals surface area contributed by atoms with Crippen LogP contribution in [0.15, 0.2) is 30.6 Å². The number of fused-ring (bicyclic) bond motifs is 2. The number of benzene rings is 1. The van der Waals surface area contributed by atoms with Gasteiger partial charge in [0.15, 0.2) is 5.78 Å². The van der Waals surface area contributed by atoms with Crippen molar-refractivity contribution < 1.29 is 13.6 Å². The monoisotopic (exact) mass is 513 g/mol. The third kappa shape index (κ3) is 6.23. The number of halogens is 2. The number of carbonyl (C=O) groups is 1. The standard InChI is InChI=1S/C29H37F2N3OS/c1-29(30,31)13-10-28-32-25-19-34(15-12-27(25)36-28)14-11-20-6-8-21(9-7-20)16-26(35)23-5-3-4-22-17-33(2)18-24(22)23/h3-5,17-18,20-21H,6-16,19H2,1-2H3. The molecule has 194 valence electrons. The lowest BCUT2D eigenvalue weighted by atomic mass is 9.78. The average Bonchev–Trinajstić information content (AvgIpc) is 3.43. The van der Waals surface area contributed by atoms with Crippen molar-refractivity contribution in [2.45, 2.75) is 77.2 Å². The molecule has 0 unspecified atom stereocenters. The van der Waals surface area contributed by atoms with E-state index in [1.165, 1.54) is 24.1 Å². The van der Waals surface area contributed by atoms with Gasteiger partial charge in [0.25, 0.3) is 0 Å². The molecule has 5 rings (SSSR count). The van der Waals surface area contributed by atoms with Gasteiger partial charge in [-0.25, -0.2) is 13.8 Å². The average molecular weight is 514 g/mol. The van der Waals surface area contributed by atoms with Gasteiger partial charge in [0.05, 0.1) is 10.7 Å². The smallest absolute Gasteiger partial charge is 0.245 e. The largest absolute Gasteiger partial charge is 0.356 e. The van der Waals surface area contributed by atoms with Gasteiger partial charge >= 0.3 is 0 Å². The number of hydrogen-bond acceptors (Lipinski definition) is 4. The zero-order valence-electron chi connectivity index (χ0n) is 21.4. The third-order valence-corrected chi connectivity index (χ3v) is 9.26. The molecule has 0 N–H and O–H groups in total. The molecular formula is C29H37F2N3OS. The second-order valence-corrected chi connectivity index (χ2v) is 12.3. The minimum Gasteiger partial charge on any atom is -0.356 e. The van der Waals surface area contributed by atoms with Crippen LogP contribution in [0.25, 0.3) is 10.8 Å². The minimum absolute atomic E-state index is 0.126. The molecule has 3 aromatic rings. The Morgan fingerprint density at radius 3 is 2.72 bits per heavy atom. The zero-order chi connectivity index (χ0) is 25.3. The summed E-state index contributed by atoms with van der Waals surface area (Å²) < 4.78 is 28.4. The molecular weight excluding hydrogens is 476 g/mol. The Morgan fingerprint density at radius 2 is 1.94 bits per heavy atom. The van der Waals surface area contributed by atoms with Gasteiger partial charge in [-0.2, -0.15) is 0 Å². The number of rotatable bonds is 9. The van der Waals surface area contributed by atoms with E-state index in [4.69, 9.17) is 4.98 Å². The van der Waals surface area contributed by atoms with Crippen molar-refractivity contribution in [1.82, 2.24) is 14.5 Å². The van der Waals surface area contributed by atoms with Crippen molar-refractivity contribution in [2.75, 3.05) is 13.1 Å². The van der Waals surface area contributed by atoms with Crippen LogP contribution in [0.3, 0.4) is 0 Å². The van der Waals surface area contributed by atoms with Crippen molar-refractivity contribution in [3.8, 4) is 0 Å². The Hall–Kier alpha value is -2.12. The molecule has 2 aliphatic rings. The number of aromatic nitrogens is 2. The minimum atomic E-state index is -2.62. The van der Waals surface area contributed by atoms with Gasteiger partial charge in [0, 0.05) is 73.0 Å². The fourth-order valence-electron chi connectivity index (χ4n) is 5.94. The number of alkyl halides is 2. The van der Waals surface area contributed by atoms with E-state index in [0.717, 1.165) is 78.8 Å². The van der Waals surface area contributed by atoms with Crippen molar-refractivity contribution in [3.05, 3.63) is 51.7 Å². The Balaban J connectivity index is 1.06. The topological polar surface area (TPSA) is 38.1 Å². The molecule has 0 saturated heterocycles. The van der Waals surface area contributed by atoms with Crippen molar-refractivity contribution in [1.29, 1.82) is 0 Å². The summed E-state index contributed by atoms with van der Waals surface area (Å²) in [5.41, 5.74) is 1.98. The van der Waals surface area contributed by atoms with Crippen molar-refractivity contribution >= 4 is 27.9 Å². The van der Waals surface area contributed by atoms with Gasteiger partial charge in [-0.15, -0.1) is 11.3 Å². The number of Topliss-reactive ketones (excluding diaryl/α,β-unsaturated/α-hetero) is 1. The maximum atomic E-state index is 13.2. The van der Waals surface area contributed by atoms with Crippen LogP contribution in [0, 0.1) is 11.8 Å². The summed E-state index contributed by atoms with van der Waals surface area (Å²) in [6.07, 6.45) is 11.9. The SMILES string of the molecule is Cn1cc2cccc(C(=O)CC3CCC(CCN4CCc5sc(CCC(C)(F)F)nc5C4)CC3)c2c1. The quantitative estimate of drug-likeness (QED) is 0.288. The Kier molecular flexibility index (Phi) is 7.59. The Morgan fingerprint density at radius 1 is 1.17 bits per heavy atom. The number of hydrogen-bond donors (Lipinski definition) is 0. The molecule has 0 spiro atoms. The molecule has 1 aliphatic carbocycles. The van der Waals surface area contributed by atoms with Crippen LogP contribution in [-0.2, 0) is 26.4 Å². The van der Waals surface area contributed by atoms with E-state index in [1.54, 1.807) is 11.3 Å². The highest BCUT2D eigenvalue weighted by Crippen LogP contribution is 2.35. The lowest BCUT2D eigenvalue weighted by Gasteiger charge is -2.31. The first-order valence-electron chi connectivity index (χ1n) is 13.4. The lowest BCUT2D eigenvalue weighted by molar-refractivity contribution is 0.0133. The first-order valence-corrected chi connectivity index (χ1v) is 14.2. The molecule has 1 aliphatic heterocycles. The van der Waals surface area contributed by atoms with E-state index >= 15 is 0 Å². The van der Waals surface area contributed by atoms with Crippen LogP contribution < -0.4 is 0 Å². The molecule has 2 aromatic heterocycles.